The highest BCUT2D eigenvalue weighted by atomic mass is 16.2. The summed E-state index contributed by atoms with van der Waals surface area (Å²) >= 11 is 0. The van der Waals surface area contributed by atoms with Crippen LogP contribution < -0.4 is 0 Å². The summed E-state index contributed by atoms with van der Waals surface area (Å²) in [7, 11) is 0. The molecule has 1 aliphatic carbocycles. The van der Waals surface area contributed by atoms with Gasteiger partial charge in [0.25, 0.3) is 0 Å². The Morgan fingerprint density at radius 3 is 2.59 bits per heavy atom. The van der Waals surface area contributed by atoms with Crippen LogP contribution in [0.2, 0.25) is 0 Å². The first-order valence-electron chi connectivity index (χ1n) is 10.3. The lowest BCUT2D eigenvalue weighted by Crippen LogP contribution is -2.41. The van der Waals surface area contributed by atoms with Crippen molar-refractivity contribution in [2.75, 3.05) is 13.1 Å². The lowest BCUT2D eigenvalue weighted by molar-refractivity contribution is -0.135. The van der Waals surface area contributed by atoms with Gasteiger partial charge in [0.05, 0.1) is 11.9 Å². The zero-order valence-electron chi connectivity index (χ0n) is 16.3. The molecule has 2 fully saturated rings. The number of rotatable bonds is 6. The molecule has 0 spiro atoms. The number of likely N-dealkylation sites (tertiary alicyclic amines) is 1. The van der Waals surface area contributed by atoms with Crippen LogP contribution in [0.4, 0.5) is 0 Å². The van der Waals surface area contributed by atoms with Crippen LogP contribution in [0.15, 0.2) is 30.6 Å². The molecule has 6 nitrogen and oxygen atoms in total. The van der Waals surface area contributed by atoms with E-state index in [4.69, 9.17) is 0 Å². The smallest absolute Gasteiger partial charge is 0.226 e. The van der Waals surface area contributed by atoms with E-state index in [1.165, 1.54) is 0 Å². The van der Waals surface area contributed by atoms with Gasteiger partial charge in [-0.1, -0.05) is 25.1 Å². The number of amides is 1. The van der Waals surface area contributed by atoms with Crippen LogP contribution in [0.25, 0.3) is 11.4 Å². The Kier molecular flexibility index (Phi) is 4.98. The minimum absolute atomic E-state index is 0.278. The van der Waals surface area contributed by atoms with Crippen molar-refractivity contribution in [2.45, 2.75) is 52.5 Å². The predicted octanol–water partition coefficient (Wildman–Crippen LogP) is 3.41. The lowest BCUT2D eigenvalue weighted by Gasteiger charge is -2.32. The van der Waals surface area contributed by atoms with Crippen molar-refractivity contribution in [3.63, 3.8) is 0 Å². The highest BCUT2D eigenvalue weighted by Crippen LogP contribution is 2.58. The second kappa shape index (κ2) is 7.41. The number of carbonyl (C=O) groups excluding carboxylic acids is 1. The van der Waals surface area contributed by atoms with E-state index < -0.39 is 0 Å². The van der Waals surface area contributed by atoms with E-state index in [9.17, 15) is 4.79 Å². The minimum Gasteiger partial charge on any atom is -0.342 e. The van der Waals surface area contributed by atoms with Gasteiger partial charge in [-0.2, -0.15) is 0 Å². The maximum Gasteiger partial charge on any atom is 0.226 e. The summed E-state index contributed by atoms with van der Waals surface area (Å²) in [6.07, 6.45) is 9.18. The molecule has 27 heavy (non-hydrogen) atoms. The van der Waals surface area contributed by atoms with Gasteiger partial charge in [-0.3, -0.25) is 14.5 Å². The zero-order chi connectivity index (χ0) is 18.9. The number of hydrogen-bond donors (Lipinski definition) is 0. The molecule has 2 aromatic rings. The Hall–Kier alpha value is -2.24. The maximum atomic E-state index is 12.8. The van der Waals surface area contributed by atoms with Crippen molar-refractivity contribution in [3.05, 3.63) is 30.6 Å². The number of nitrogens with zero attached hydrogens (tertiary/aromatic N) is 5. The second-order valence-electron chi connectivity index (χ2n) is 8.14. The predicted molar refractivity (Wildman–Crippen MR) is 104 cm³/mol. The quantitative estimate of drug-likeness (QED) is 0.785. The van der Waals surface area contributed by atoms with Crippen LogP contribution in [0, 0.1) is 17.3 Å². The number of piperidine rings is 1. The van der Waals surface area contributed by atoms with Gasteiger partial charge in [-0.25, -0.2) is 0 Å². The monoisotopic (exact) mass is 367 g/mol. The summed E-state index contributed by atoms with van der Waals surface area (Å²) in [6, 6.07) is 5.80. The third kappa shape index (κ3) is 3.62. The highest BCUT2D eigenvalue weighted by molar-refractivity contribution is 5.82. The van der Waals surface area contributed by atoms with E-state index >= 15 is 0 Å². The van der Waals surface area contributed by atoms with E-state index in [1.807, 2.05) is 29.1 Å². The van der Waals surface area contributed by atoms with Crippen LogP contribution in [0.1, 0.15) is 46.0 Å². The molecule has 0 N–H and O–H groups in total. The fourth-order valence-corrected chi connectivity index (χ4v) is 4.57. The first-order chi connectivity index (χ1) is 13.1. The molecule has 0 aromatic carbocycles. The van der Waals surface area contributed by atoms with Crippen LogP contribution >= 0.6 is 0 Å². The minimum atomic E-state index is 0.278. The molecule has 1 amide bonds. The Bertz CT molecular complexity index is 775. The molecular weight excluding hydrogens is 338 g/mol. The van der Waals surface area contributed by atoms with Crippen molar-refractivity contribution in [1.82, 2.24) is 24.9 Å². The molecule has 1 saturated carbocycles. The van der Waals surface area contributed by atoms with Gasteiger partial charge in [-0.15, -0.1) is 5.10 Å². The van der Waals surface area contributed by atoms with Crippen LogP contribution in [0.3, 0.4) is 0 Å². The summed E-state index contributed by atoms with van der Waals surface area (Å²) in [4.78, 5) is 19.2. The Morgan fingerprint density at radius 2 is 1.96 bits per heavy atom. The molecule has 2 aromatic heterocycles. The van der Waals surface area contributed by atoms with Crippen molar-refractivity contribution < 1.29 is 4.79 Å². The Balaban J connectivity index is 1.29. The number of carbonyl (C=O) groups is 1. The Morgan fingerprint density at radius 1 is 1.19 bits per heavy atom. The van der Waals surface area contributed by atoms with E-state index in [2.05, 4.69) is 34.0 Å². The highest BCUT2D eigenvalue weighted by Gasteiger charge is 2.56. The molecular formula is C21H29N5O. The van der Waals surface area contributed by atoms with Crippen molar-refractivity contribution in [2.24, 2.45) is 17.3 Å². The molecule has 6 heteroatoms. The summed E-state index contributed by atoms with van der Waals surface area (Å²) in [5.41, 5.74) is 1.97. The van der Waals surface area contributed by atoms with Gasteiger partial charge in [0.15, 0.2) is 0 Å². The molecule has 1 aliphatic heterocycles. The van der Waals surface area contributed by atoms with Crippen LogP contribution in [-0.4, -0.2) is 43.9 Å². The standard InChI is InChI=1S/C21H29N5O/c1-3-21(4-2)13-17(21)20(27)25-11-8-16(9-12-25)14-26-15-19(23-24-26)18-7-5-6-10-22-18/h5-7,10,15-17H,3-4,8-9,11-14H2,1-2H3/t17-/m0/s1. The molecule has 1 saturated heterocycles. The molecule has 4 rings (SSSR count). The van der Waals surface area contributed by atoms with E-state index in [1.54, 1.807) is 6.20 Å². The SMILES string of the molecule is CCC1(CC)C[C@H]1C(=O)N1CCC(Cn2cc(-c3ccccn3)nn2)CC1. The molecule has 0 unspecified atom stereocenters. The maximum absolute atomic E-state index is 12.8. The number of pyridine rings is 1. The van der Waals surface area contributed by atoms with Gasteiger partial charge in [0.1, 0.15) is 5.69 Å². The van der Waals surface area contributed by atoms with Gasteiger partial charge < -0.3 is 4.90 Å². The molecule has 3 heterocycles. The van der Waals surface area contributed by atoms with Gasteiger partial charge >= 0.3 is 0 Å². The topological polar surface area (TPSA) is 63.9 Å². The van der Waals surface area contributed by atoms with E-state index in [0.29, 0.717) is 17.2 Å². The first kappa shape index (κ1) is 18.1. The van der Waals surface area contributed by atoms with Crippen LogP contribution in [-0.2, 0) is 11.3 Å². The number of hydrogen-bond acceptors (Lipinski definition) is 4. The van der Waals surface area contributed by atoms with Crippen molar-refractivity contribution in [1.29, 1.82) is 0 Å². The van der Waals surface area contributed by atoms with Gasteiger partial charge in [0, 0.05) is 31.7 Å². The molecule has 144 valence electrons. The summed E-state index contributed by atoms with van der Waals surface area (Å²) < 4.78 is 1.92. The van der Waals surface area contributed by atoms with E-state index in [-0.39, 0.29) is 5.92 Å². The molecule has 0 bridgehead atoms. The number of aromatic nitrogens is 4. The fraction of sp³-hybridized carbons (Fsp3) is 0.619. The summed E-state index contributed by atoms with van der Waals surface area (Å²) in [5, 5.41) is 8.51. The summed E-state index contributed by atoms with van der Waals surface area (Å²) in [6.45, 7) is 7.07. The van der Waals surface area contributed by atoms with Crippen molar-refractivity contribution in [3.8, 4) is 11.4 Å². The summed E-state index contributed by atoms with van der Waals surface area (Å²) in [5.74, 6) is 1.23. The first-order valence-corrected chi connectivity index (χ1v) is 10.3. The van der Waals surface area contributed by atoms with Gasteiger partial charge in [0.2, 0.25) is 5.91 Å². The zero-order valence-corrected chi connectivity index (χ0v) is 16.3. The molecule has 0 radical (unpaired) electrons. The molecule has 1 atom stereocenters. The van der Waals surface area contributed by atoms with Crippen molar-refractivity contribution >= 4 is 5.91 Å². The third-order valence-corrected chi connectivity index (χ3v) is 6.73. The van der Waals surface area contributed by atoms with E-state index in [0.717, 1.165) is 63.1 Å². The molecule has 2 aliphatic rings. The average molecular weight is 367 g/mol. The third-order valence-electron chi connectivity index (χ3n) is 6.73. The fourth-order valence-electron chi connectivity index (χ4n) is 4.57. The second-order valence-corrected chi connectivity index (χ2v) is 8.14. The Labute approximate surface area is 161 Å². The largest absolute Gasteiger partial charge is 0.342 e. The normalized spacial score (nSPS) is 22.0. The average Bonchev–Trinajstić information content (AvgIpc) is 3.29. The lowest BCUT2D eigenvalue weighted by atomic mass is 9.94. The van der Waals surface area contributed by atoms with Crippen LogP contribution in [0.5, 0.6) is 0 Å². The van der Waals surface area contributed by atoms with Gasteiger partial charge in [-0.05, 0) is 55.6 Å².